The van der Waals surface area contributed by atoms with Gasteiger partial charge >= 0.3 is 0 Å². The van der Waals surface area contributed by atoms with Crippen LogP contribution in [0.4, 0.5) is 0 Å². The van der Waals surface area contributed by atoms with Crippen LogP contribution >= 0.6 is 22.9 Å². The molecule has 2 aromatic carbocycles. The van der Waals surface area contributed by atoms with Crippen molar-refractivity contribution < 1.29 is 13.2 Å². The van der Waals surface area contributed by atoms with Crippen LogP contribution in [0.3, 0.4) is 0 Å². The Hall–Kier alpha value is -2.15. The Bertz CT molecular complexity index is 1110. The molecule has 0 radical (unpaired) electrons. The number of amides is 1. The van der Waals surface area contributed by atoms with Gasteiger partial charge < -0.3 is 4.90 Å². The average molecular weight is 448 g/mol. The van der Waals surface area contributed by atoms with Crippen LogP contribution in [0.25, 0.3) is 0 Å². The minimum Gasteiger partial charge on any atom is -0.333 e. The molecule has 0 aliphatic carbocycles. The quantitative estimate of drug-likeness (QED) is 0.512. The van der Waals surface area contributed by atoms with Crippen LogP contribution in [0.2, 0.25) is 5.02 Å². The summed E-state index contributed by atoms with van der Waals surface area (Å²) in [5.41, 5.74) is 1.46. The van der Waals surface area contributed by atoms with Crippen LogP contribution < -0.4 is 0 Å². The van der Waals surface area contributed by atoms with E-state index in [0.717, 1.165) is 16.7 Å². The van der Waals surface area contributed by atoms with E-state index in [9.17, 15) is 13.2 Å². The van der Waals surface area contributed by atoms with E-state index >= 15 is 0 Å². The molecule has 3 rings (SSSR count). The molecule has 0 aliphatic rings. The molecule has 0 aliphatic heterocycles. The normalized spacial score (nSPS) is 11.4. The van der Waals surface area contributed by atoms with Crippen molar-refractivity contribution in [3.8, 4) is 0 Å². The van der Waals surface area contributed by atoms with Crippen molar-refractivity contribution >= 4 is 38.7 Å². The summed E-state index contributed by atoms with van der Waals surface area (Å²) in [6.07, 6.45) is 1.80. The molecule has 0 bridgehead atoms. The van der Waals surface area contributed by atoms with Crippen molar-refractivity contribution in [3.63, 3.8) is 0 Å². The molecule has 0 unspecified atom stereocenters. The number of aryl methyl sites for hydroxylation is 1. The molecule has 0 fully saturated rings. The second-order valence-electron chi connectivity index (χ2n) is 6.89. The first kappa shape index (κ1) is 21.6. The lowest BCUT2D eigenvalue weighted by Crippen LogP contribution is -2.32. The van der Waals surface area contributed by atoms with E-state index in [0.29, 0.717) is 25.1 Å². The summed E-state index contributed by atoms with van der Waals surface area (Å²) in [7, 11) is -3.53. The van der Waals surface area contributed by atoms with E-state index < -0.39 is 9.84 Å². The third kappa shape index (κ3) is 5.69. The summed E-state index contributed by atoms with van der Waals surface area (Å²) in [6.45, 7) is 3.03. The van der Waals surface area contributed by atoms with Gasteiger partial charge in [0, 0.05) is 28.1 Å². The van der Waals surface area contributed by atoms with Gasteiger partial charge in [-0.05, 0) is 49.2 Å². The van der Waals surface area contributed by atoms with Crippen LogP contribution in [0.15, 0.2) is 65.6 Å². The lowest BCUT2D eigenvalue weighted by Gasteiger charge is -2.23. The predicted octanol–water partition coefficient (Wildman–Crippen LogP) is 5.00. The second-order valence-corrected chi connectivity index (χ2v) is 10.7. The van der Waals surface area contributed by atoms with Crippen LogP contribution in [0, 0.1) is 6.92 Å². The molecule has 1 amide bonds. The van der Waals surface area contributed by atoms with Crippen LogP contribution in [-0.4, -0.2) is 32.0 Å². The monoisotopic (exact) mass is 447 g/mol. The highest BCUT2D eigenvalue weighted by Crippen LogP contribution is 2.24. The summed E-state index contributed by atoms with van der Waals surface area (Å²) in [5, 5.41) is 0.119. The summed E-state index contributed by atoms with van der Waals surface area (Å²) in [5.74, 6) is -0.214. The fourth-order valence-electron chi connectivity index (χ4n) is 3.02. The first-order valence-corrected chi connectivity index (χ1v) is 12.2. The van der Waals surface area contributed by atoms with E-state index in [4.69, 9.17) is 11.6 Å². The first-order valence-electron chi connectivity index (χ1n) is 9.12. The van der Waals surface area contributed by atoms with E-state index in [1.807, 2.05) is 49.4 Å². The molecular formula is C22H22ClNO3S2. The number of carbonyl (C=O) groups is 1. The fraction of sp³-hybridized carbons (Fsp3) is 0.227. The molecule has 152 valence electrons. The SMILES string of the molecule is Cc1ccc(CN(CCc2ccccc2)C(=O)c2ccc(Cl)c(S(C)(=O)=O)c2)s1. The average Bonchev–Trinajstić information content (AvgIpc) is 3.09. The standard InChI is InChI=1S/C22H22ClNO3S2/c1-16-8-10-19(28-16)15-24(13-12-17-6-4-3-5-7-17)22(25)18-9-11-20(23)21(14-18)29(2,26)27/h3-11,14H,12-13,15H2,1-2H3. The second kappa shape index (κ2) is 9.11. The number of rotatable bonds is 7. The molecule has 7 heteroatoms. The van der Waals surface area contributed by atoms with Crippen molar-refractivity contribution in [1.29, 1.82) is 0 Å². The van der Waals surface area contributed by atoms with Gasteiger partial charge in [0.1, 0.15) is 0 Å². The molecule has 1 aromatic heterocycles. The van der Waals surface area contributed by atoms with Gasteiger partial charge in [0.05, 0.1) is 16.5 Å². The summed E-state index contributed by atoms with van der Waals surface area (Å²) >= 11 is 7.69. The maximum absolute atomic E-state index is 13.3. The molecule has 0 atom stereocenters. The van der Waals surface area contributed by atoms with Crippen molar-refractivity contribution in [1.82, 2.24) is 4.90 Å². The van der Waals surface area contributed by atoms with Gasteiger partial charge in [-0.3, -0.25) is 4.79 Å². The third-order valence-corrected chi connectivity index (χ3v) is 7.08. The lowest BCUT2D eigenvalue weighted by molar-refractivity contribution is 0.0746. The number of thiophene rings is 1. The number of hydrogen-bond acceptors (Lipinski definition) is 4. The number of nitrogens with zero attached hydrogens (tertiary/aromatic N) is 1. The highest BCUT2D eigenvalue weighted by atomic mass is 35.5. The molecule has 0 N–H and O–H groups in total. The highest BCUT2D eigenvalue weighted by Gasteiger charge is 2.21. The van der Waals surface area contributed by atoms with Gasteiger partial charge in [-0.1, -0.05) is 41.9 Å². The van der Waals surface area contributed by atoms with E-state index in [1.165, 1.54) is 17.0 Å². The molecule has 3 aromatic rings. The van der Waals surface area contributed by atoms with Gasteiger partial charge in [0.2, 0.25) is 0 Å². The largest absolute Gasteiger partial charge is 0.333 e. The number of carbonyl (C=O) groups excluding carboxylic acids is 1. The van der Waals surface area contributed by atoms with Crippen molar-refractivity contribution in [2.75, 3.05) is 12.8 Å². The van der Waals surface area contributed by atoms with Crippen LogP contribution in [0.1, 0.15) is 25.7 Å². The molecular weight excluding hydrogens is 426 g/mol. The number of halogens is 1. The van der Waals surface area contributed by atoms with Gasteiger partial charge in [-0.25, -0.2) is 8.42 Å². The zero-order valence-electron chi connectivity index (χ0n) is 16.3. The maximum Gasteiger partial charge on any atom is 0.254 e. The van der Waals surface area contributed by atoms with Gasteiger partial charge in [0.25, 0.3) is 5.91 Å². The maximum atomic E-state index is 13.3. The van der Waals surface area contributed by atoms with Crippen LogP contribution in [-0.2, 0) is 22.8 Å². The molecule has 0 spiro atoms. The summed E-state index contributed by atoms with van der Waals surface area (Å²) in [4.78, 5) is 17.3. The van der Waals surface area contributed by atoms with E-state index in [2.05, 4.69) is 0 Å². The topological polar surface area (TPSA) is 54.5 Å². The summed E-state index contributed by atoms with van der Waals surface area (Å²) in [6, 6.07) is 18.4. The van der Waals surface area contributed by atoms with E-state index in [-0.39, 0.29) is 15.8 Å². The first-order chi connectivity index (χ1) is 13.7. The third-order valence-electron chi connectivity index (χ3n) is 4.52. The summed E-state index contributed by atoms with van der Waals surface area (Å²) < 4.78 is 24.0. The molecule has 1 heterocycles. The van der Waals surface area contributed by atoms with Crippen LogP contribution in [0.5, 0.6) is 0 Å². The molecule has 4 nitrogen and oxygen atoms in total. The minimum absolute atomic E-state index is 0.0278. The van der Waals surface area contributed by atoms with Crippen molar-refractivity contribution in [2.24, 2.45) is 0 Å². The Balaban J connectivity index is 1.88. The number of benzene rings is 2. The zero-order chi connectivity index (χ0) is 21.0. The van der Waals surface area contributed by atoms with Gasteiger partial charge in [-0.15, -0.1) is 11.3 Å². The number of sulfone groups is 1. The fourth-order valence-corrected chi connectivity index (χ4v) is 5.23. The highest BCUT2D eigenvalue weighted by molar-refractivity contribution is 7.90. The van der Waals surface area contributed by atoms with Crippen molar-refractivity contribution in [2.45, 2.75) is 24.8 Å². The lowest BCUT2D eigenvalue weighted by atomic mass is 10.1. The molecule has 29 heavy (non-hydrogen) atoms. The Labute approximate surface area is 180 Å². The predicted molar refractivity (Wildman–Crippen MR) is 119 cm³/mol. The van der Waals surface area contributed by atoms with E-state index in [1.54, 1.807) is 22.3 Å². The minimum atomic E-state index is -3.53. The Morgan fingerprint density at radius 3 is 2.41 bits per heavy atom. The smallest absolute Gasteiger partial charge is 0.254 e. The number of hydrogen-bond donors (Lipinski definition) is 0. The zero-order valence-corrected chi connectivity index (χ0v) is 18.7. The van der Waals surface area contributed by atoms with Gasteiger partial charge in [-0.2, -0.15) is 0 Å². The Morgan fingerprint density at radius 2 is 1.79 bits per heavy atom. The van der Waals surface area contributed by atoms with Crippen molar-refractivity contribution in [3.05, 3.63) is 86.6 Å². The van der Waals surface area contributed by atoms with Gasteiger partial charge in [0.15, 0.2) is 9.84 Å². The molecule has 0 saturated carbocycles. The molecule has 0 saturated heterocycles. The Kier molecular flexibility index (Phi) is 6.77. The Morgan fingerprint density at radius 1 is 1.07 bits per heavy atom.